The summed E-state index contributed by atoms with van der Waals surface area (Å²) in [6.07, 6.45) is 3.96. The molecule has 0 spiro atoms. The lowest BCUT2D eigenvalue weighted by molar-refractivity contribution is -0.127. The van der Waals surface area contributed by atoms with Crippen LogP contribution in [0.1, 0.15) is 51.2 Å². The second kappa shape index (κ2) is 10.6. The van der Waals surface area contributed by atoms with Crippen molar-refractivity contribution in [3.63, 3.8) is 0 Å². The molecule has 1 amide bonds. The Hall–Kier alpha value is -2.15. The van der Waals surface area contributed by atoms with Crippen molar-refractivity contribution in [2.24, 2.45) is 10.9 Å². The van der Waals surface area contributed by atoms with E-state index in [2.05, 4.69) is 22.5 Å². The van der Waals surface area contributed by atoms with E-state index in [0.717, 1.165) is 43.9 Å². The number of ether oxygens (including phenoxy) is 1. The Balaban J connectivity index is 1.53. The molecular weight excluding hydrogens is 371 g/mol. The Labute approximate surface area is 172 Å². The van der Waals surface area contributed by atoms with Crippen molar-refractivity contribution in [3.05, 3.63) is 35.6 Å². The molecule has 6 nitrogen and oxygen atoms in total. The van der Waals surface area contributed by atoms with Gasteiger partial charge < -0.3 is 20.3 Å². The van der Waals surface area contributed by atoms with Gasteiger partial charge in [-0.1, -0.05) is 18.6 Å². The third-order valence-electron chi connectivity index (χ3n) is 5.51. The highest BCUT2D eigenvalue weighted by atomic mass is 19.1. The van der Waals surface area contributed by atoms with Crippen LogP contribution < -0.4 is 10.6 Å². The van der Waals surface area contributed by atoms with Gasteiger partial charge in [-0.3, -0.25) is 9.79 Å². The molecule has 2 atom stereocenters. The minimum Gasteiger partial charge on any atom is -0.367 e. The quantitative estimate of drug-likeness (QED) is 0.417. The summed E-state index contributed by atoms with van der Waals surface area (Å²) >= 11 is 0. The molecule has 1 saturated heterocycles. The summed E-state index contributed by atoms with van der Waals surface area (Å²) in [4.78, 5) is 18.9. The Kier molecular flexibility index (Phi) is 7.86. The van der Waals surface area contributed by atoms with Crippen LogP contribution in [0.3, 0.4) is 0 Å². The fourth-order valence-corrected chi connectivity index (χ4v) is 3.70. The van der Waals surface area contributed by atoms with Gasteiger partial charge in [-0.2, -0.15) is 0 Å². The second-order valence-corrected chi connectivity index (χ2v) is 7.90. The van der Waals surface area contributed by atoms with Crippen LogP contribution >= 0.6 is 0 Å². The van der Waals surface area contributed by atoms with E-state index in [0.29, 0.717) is 19.6 Å². The highest BCUT2D eigenvalue weighted by Gasteiger charge is 2.28. The fraction of sp³-hybridized carbons (Fsp3) is 0.636. The van der Waals surface area contributed by atoms with Crippen LogP contribution in [-0.2, 0) is 9.53 Å². The van der Waals surface area contributed by atoms with Gasteiger partial charge in [-0.25, -0.2) is 4.39 Å². The number of halogens is 1. The first-order valence-corrected chi connectivity index (χ1v) is 10.8. The van der Waals surface area contributed by atoms with E-state index in [9.17, 15) is 9.18 Å². The highest BCUT2D eigenvalue weighted by molar-refractivity contribution is 5.80. The molecular formula is C22H33FN4O2. The van der Waals surface area contributed by atoms with E-state index in [4.69, 9.17) is 9.73 Å². The van der Waals surface area contributed by atoms with Crippen molar-refractivity contribution in [1.29, 1.82) is 0 Å². The van der Waals surface area contributed by atoms with Gasteiger partial charge in [-0.05, 0) is 50.8 Å². The van der Waals surface area contributed by atoms with Gasteiger partial charge in [0.1, 0.15) is 11.9 Å². The maximum atomic E-state index is 13.2. The number of rotatable bonds is 7. The number of amides is 1. The predicted octanol–water partition coefficient (Wildman–Crippen LogP) is 2.86. The average molecular weight is 405 g/mol. The van der Waals surface area contributed by atoms with E-state index in [1.54, 1.807) is 12.1 Å². The molecule has 2 fully saturated rings. The van der Waals surface area contributed by atoms with Gasteiger partial charge in [0.2, 0.25) is 5.91 Å². The van der Waals surface area contributed by atoms with Crippen molar-refractivity contribution in [2.75, 3.05) is 32.7 Å². The van der Waals surface area contributed by atoms with E-state index in [-0.39, 0.29) is 29.9 Å². The molecule has 0 bridgehead atoms. The monoisotopic (exact) mass is 404 g/mol. The first-order valence-electron chi connectivity index (χ1n) is 10.8. The SMILES string of the molecule is CCNC(=NCCCNC(=O)C1CCC1)N1CC(C)OC(c2ccc(F)cc2)C1. The molecule has 0 aromatic heterocycles. The Morgan fingerprint density at radius 3 is 2.66 bits per heavy atom. The zero-order valence-corrected chi connectivity index (χ0v) is 17.5. The van der Waals surface area contributed by atoms with Crippen LogP contribution in [0.2, 0.25) is 0 Å². The predicted molar refractivity (Wildman–Crippen MR) is 112 cm³/mol. The third kappa shape index (κ3) is 6.16. The number of hydrogen-bond acceptors (Lipinski definition) is 3. The van der Waals surface area contributed by atoms with E-state index < -0.39 is 0 Å². The molecule has 1 aliphatic heterocycles. The van der Waals surface area contributed by atoms with Crippen molar-refractivity contribution in [3.8, 4) is 0 Å². The van der Waals surface area contributed by atoms with E-state index in [1.807, 2.05) is 6.92 Å². The lowest BCUT2D eigenvalue weighted by Crippen LogP contribution is -2.50. The molecule has 1 aromatic rings. The molecule has 1 saturated carbocycles. The summed E-state index contributed by atoms with van der Waals surface area (Å²) in [7, 11) is 0. The van der Waals surface area contributed by atoms with E-state index in [1.165, 1.54) is 18.6 Å². The maximum Gasteiger partial charge on any atom is 0.223 e. The summed E-state index contributed by atoms with van der Waals surface area (Å²) in [6.45, 7) is 7.61. The summed E-state index contributed by atoms with van der Waals surface area (Å²) in [5.41, 5.74) is 0.970. The van der Waals surface area contributed by atoms with Crippen molar-refractivity contribution < 1.29 is 13.9 Å². The summed E-state index contributed by atoms with van der Waals surface area (Å²) in [5.74, 6) is 1.04. The average Bonchev–Trinajstić information content (AvgIpc) is 2.65. The molecule has 1 heterocycles. The minimum atomic E-state index is -0.242. The van der Waals surface area contributed by atoms with E-state index >= 15 is 0 Å². The number of morpholine rings is 1. The van der Waals surface area contributed by atoms with Crippen LogP contribution in [0, 0.1) is 11.7 Å². The smallest absolute Gasteiger partial charge is 0.223 e. The summed E-state index contributed by atoms with van der Waals surface area (Å²) in [6, 6.07) is 6.51. The summed E-state index contributed by atoms with van der Waals surface area (Å²) < 4.78 is 19.3. The van der Waals surface area contributed by atoms with Gasteiger partial charge >= 0.3 is 0 Å². The molecule has 160 valence electrons. The van der Waals surface area contributed by atoms with Crippen LogP contribution in [-0.4, -0.2) is 55.6 Å². The lowest BCUT2D eigenvalue weighted by Gasteiger charge is -2.38. The highest BCUT2D eigenvalue weighted by Crippen LogP contribution is 2.26. The molecule has 3 rings (SSSR count). The Morgan fingerprint density at radius 1 is 1.24 bits per heavy atom. The molecule has 2 unspecified atom stereocenters. The Morgan fingerprint density at radius 2 is 2.00 bits per heavy atom. The number of benzene rings is 1. The first kappa shape index (κ1) is 21.6. The molecule has 2 N–H and O–H groups in total. The second-order valence-electron chi connectivity index (χ2n) is 7.90. The van der Waals surface area contributed by atoms with Crippen LogP contribution in [0.15, 0.2) is 29.3 Å². The first-order chi connectivity index (χ1) is 14.1. The number of aliphatic imine (C=N–C) groups is 1. The number of hydrogen-bond donors (Lipinski definition) is 2. The topological polar surface area (TPSA) is 66.0 Å². The van der Waals surface area contributed by atoms with Crippen molar-refractivity contribution in [1.82, 2.24) is 15.5 Å². The zero-order valence-electron chi connectivity index (χ0n) is 17.5. The molecule has 2 aliphatic rings. The largest absolute Gasteiger partial charge is 0.367 e. The van der Waals surface area contributed by atoms with Crippen molar-refractivity contribution >= 4 is 11.9 Å². The minimum absolute atomic E-state index is 0.0458. The molecule has 7 heteroatoms. The van der Waals surface area contributed by atoms with Crippen LogP contribution in [0.5, 0.6) is 0 Å². The van der Waals surface area contributed by atoms with Gasteiger partial charge in [0.05, 0.1) is 12.6 Å². The number of carbonyl (C=O) groups excluding carboxylic acids is 1. The third-order valence-corrected chi connectivity index (χ3v) is 5.51. The molecule has 0 radical (unpaired) electrons. The maximum absolute atomic E-state index is 13.2. The molecule has 1 aromatic carbocycles. The number of guanidine groups is 1. The van der Waals surface area contributed by atoms with Crippen LogP contribution in [0.4, 0.5) is 4.39 Å². The molecule has 1 aliphatic carbocycles. The van der Waals surface area contributed by atoms with Gasteiger partial charge in [0.15, 0.2) is 5.96 Å². The van der Waals surface area contributed by atoms with Gasteiger partial charge in [0, 0.05) is 32.1 Å². The lowest BCUT2D eigenvalue weighted by atomic mass is 9.85. The molecule has 29 heavy (non-hydrogen) atoms. The zero-order chi connectivity index (χ0) is 20.6. The van der Waals surface area contributed by atoms with Crippen LogP contribution in [0.25, 0.3) is 0 Å². The normalized spacial score (nSPS) is 22.9. The summed E-state index contributed by atoms with van der Waals surface area (Å²) in [5, 5.41) is 6.38. The van der Waals surface area contributed by atoms with Gasteiger partial charge in [-0.15, -0.1) is 0 Å². The number of nitrogens with zero attached hydrogens (tertiary/aromatic N) is 2. The fourth-order valence-electron chi connectivity index (χ4n) is 3.70. The van der Waals surface area contributed by atoms with Gasteiger partial charge in [0.25, 0.3) is 0 Å². The number of carbonyl (C=O) groups is 1. The Bertz CT molecular complexity index is 691. The number of nitrogens with one attached hydrogen (secondary N) is 2. The van der Waals surface area contributed by atoms with Crippen molar-refractivity contribution in [2.45, 2.75) is 51.7 Å². The standard InChI is InChI=1S/C22H33FN4O2/c1-3-24-22(26-13-5-12-25-21(28)18-6-4-7-18)27-14-16(2)29-20(15-27)17-8-10-19(23)11-9-17/h8-11,16,18,20H,3-7,12-15H2,1-2H3,(H,24,26)(H,25,28).